The molecule has 2 rings (SSSR count). The molecule has 2 aliphatic rings. The Bertz CT molecular complexity index is 308. The Labute approximate surface area is 79.4 Å². The van der Waals surface area contributed by atoms with E-state index in [0.29, 0.717) is 0 Å². The number of hydrogen-bond acceptors (Lipinski definition) is 4. The molecule has 2 fully saturated rings. The van der Waals surface area contributed by atoms with E-state index in [0.717, 1.165) is 9.80 Å². The molecule has 2 heterocycles. The van der Waals surface area contributed by atoms with Gasteiger partial charge in [0.25, 0.3) is 0 Å². The fourth-order valence-electron chi connectivity index (χ4n) is 1.83. The highest BCUT2D eigenvalue weighted by Crippen LogP contribution is 2.33. The minimum atomic E-state index is -1.11. The normalized spacial score (nSPS) is 31.9. The highest BCUT2D eigenvalue weighted by Gasteiger charge is 2.60. The minimum absolute atomic E-state index is 0.581. The molecule has 0 spiro atoms. The number of carbonyl (C=O) groups is 4. The van der Waals surface area contributed by atoms with Gasteiger partial charge >= 0.3 is 0 Å². The maximum Gasteiger partial charge on any atom is 0.242 e. The van der Waals surface area contributed by atoms with Gasteiger partial charge in [-0.3, -0.25) is 29.0 Å². The van der Waals surface area contributed by atoms with Crippen LogP contribution in [0.4, 0.5) is 0 Å². The van der Waals surface area contributed by atoms with Gasteiger partial charge in [0.2, 0.25) is 23.6 Å². The van der Waals surface area contributed by atoms with Crippen molar-refractivity contribution < 1.29 is 19.2 Å². The fraction of sp³-hybridized carbons (Fsp3) is 0.500. The van der Waals surface area contributed by atoms with Crippen LogP contribution < -0.4 is 0 Å². The first kappa shape index (κ1) is 8.86. The standard InChI is InChI=1S/C8H8N2O4/c1-9-5(11)3-4(6(9)12)8(14)10(2)7(3)13/h3-4H,1-2H3. The first-order valence-corrected chi connectivity index (χ1v) is 4.09. The smallest absolute Gasteiger partial charge is 0.242 e. The Balaban J connectivity index is 2.49. The summed E-state index contributed by atoms with van der Waals surface area (Å²) in [5.41, 5.74) is 0. The van der Waals surface area contributed by atoms with E-state index in [-0.39, 0.29) is 0 Å². The average Bonchev–Trinajstić information content (AvgIpc) is 2.51. The van der Waals surface area contributed by atoms with Gasteiger partial charge in [0.05, 0.1) is 0 Å². The van der Waals surface area contributed by atoms with Gasteiger partial charge in [-0.25, -0.2) is 0 Å². The van der Waals surface area contributed by atoms with E-state index in [1.807, 2.05) is 0 Å². The van der Waals surface area contributed by atoms with Gasteiger partial charge in [-0.1, -0.05) is 0 Å². The third-order valence-corrected chi connectivity index (χ3v) is 2.72. The molecule has 0 aromatic heterocycles. The summed E-state index contributed by atoms with van der Waals surface area (Å²) < 4.78 is 0. The van der Waals surface area contributed by atoms with Crippen molar-refractivity contribution in [1.82, 2.24) is 9.80 Å². The number of carbonyl (C=O) groups excluding carboxylic acids is 4. The van der Waals surface area contributed by atoms with Crippen molar-refractivity contribution in [3.8, 4) is 0 Å². The number of nitrogens with zero attached hydrogens (tertiary/aromatic N) is 2. The SMILES string of the molecule is CN1C(=O)C2C(=O)N(C)C(=O)C2C1=O. The molecule has 0 N–H and O–H groups in total. The number of fused-ring (bicyclic) bond motifs is 1. The maximum absolute atomic E-state index is 11.4. The van der Waals surface area contributed by atoms with Crippen LogP contribution in [0.2, 0.25) is 0 Å². The first-order valence-electron chi connectivity index (χ1n) is 4.09. The second-order valence-electron chi connectivity index (χ2n) is 3.43. The molecule has 14 heavy (non-hydrogen) atoms. The summed E-state index contributed by atoms with van der Waals surface area (Å²) in [4.78, 5) is 47.3. The van der Waals surface area contributed by atoms with Gasteiger partial charge in [0.1, 0.15) is 11.8 Å². The van der Waals surface area contributed by atoms with Crippen molar-refractivity contribution in [3.05, 3.63) is 0 Å². The lowest BCUT2D eigenvalue weighted by Gasteiger charge is -2.11. The van der Waals surface area contributed by atoms with Crippen molar-refractivity contribution in [1.29, 1.82) is 0 Å². The van der Waals surface area contributed by atoms with E-state index in [4.69, 9.17) is 0 Å². The van der Waals surface area contributed by atoms with Crippen LogP contribution in [-0.4, -0.2) is 47.5 Å². The Hall–Kier alpha value is -1.72. The minimum Gasteiger partial charge on any atom is -0.284 e. The van der Waals surface area contributed by atoms with Crippen molar-refractivity contribution in [2.45, 2.75) is 0 Å². The number of amides is 4. The van der Waals surface area contributed by atoms with Gasteiger partial charge in [-0.2, -0.15) is 0 Å². The summed E-state index contributed by atoms with van der Waals surface area (Å²) in [7, 11) is 2.56. The van der Waals surface area contributed by atoms with E-state index in [2.05, 4.69) is 0 Å². The Kier molecular flexibility index (Phi) is 1.52. The lowest BCUT2D eigenvalue weighted by atomic mass is 9.98. The molecule has 0 aromatic rings. The largest absolute Gasteiger partial charge is 0.284 e. The quantitative estimate of drug-likeness (QED) is 0.339. The molecule has 0 aromatic carbocycles. The Morgan fingerprint density at radius 1 is 0.714 bits per heavy atom. The average molecular weight is 196 g/mol. The number of imide groups is 2. The summed E-state index contributed by atoms with van der Waals surface area (Å²) in [6.45, 7) is 0. The number of likely N-dealkylation sites (tertiary alicyclic amines) is 2. The van der Waals surface area contributed by atoms with Crippen LogP contribution >= 0.6 is 0 Å². The van der Waals surface area contributed by atoms with Crippen molar-refractivity contribution in [2.75, 3.05) is 14.1 Å². The van der Waals surface area contributed by atoms with Gasteiger partial charge < -0.3 is 0 Å². The summed E-state index contributed by atoms with van der Waals surface area (Å²) in [5.74, 6) is -4.54. The molecule has 74 valence electrons. The molecule has 2 aliphatic heterocycles. The molecule has 6 nitrogen and oxygen atoms in total. The lowest BCUT2D eigenvalue weighted by molar-refractivity contribution is -0.145. The maximum atomic E-state index is 11.4. The van der Waals surface area contributed by atoms with Crippen LogP contribution in [0.25, 0.3) is 0 Å². The monoisotopic (exact) mass is 196 g/mol. The zero-order valence-electron chi connectivity index (χ0n) is 7.68. The second kappa shape index (κ2) is 2.40. The molecule has 0 aliphatic carbocycles. The molecular weight excluding hydrogens is 188 g/mol. The van der Waals surface area contributed by atoms with Crippen LogP contribution in [0.3, 0.4) is 0 Å². The number of hydrogen-bond donors (Lipinski definition) is 0. The van der Waals surface area contributed by atoms with Gasteiger partial charge in [0.15, 0.2) is 0 Å². The van der Waals surface area contributed by atoms with E-state index in [1.54, 1.807) is 0 Å². The fourth-order valence-corrected chi connectivity index (χ4v) is 1.83. The third kappa shape index (κ3) is 0.753. The molecular formula is C8H8N2O4. The van der Waals surface area contributed by atoms with Crippen molar-refractivity contribution >= 4 is 23.6 Å². The molecule has 6 heteroatoms. The highest BCUT2D eigenvalue weighted by atomic mass is 16.2. The van der Waals surface area contributed by atoms with Gasteiger partial charge in [0, 0.05) is 14.1 Å². The van der Waals surface area contributed by atoms with E-state index in [1.165, 1.54) is 14.1 Å². The van der Waals surface area contributed by atoms with Crippen molar-refractivity contribution in [2.24, 2.45) is 11.8 Å². The van der Waals surface area contributed by atoms with Crippen LogP contribution in [-0.2, 0) is 19.2 Å². The van der Waals surface area contributed by atoms with E-state index < -0.39 is 35.5 Å². The molecule has 0 unspecified atom stereocenters. The molecule has 0 bridgehead atoms. The third-order valence-electron chi connectivity index (χ3n) is 2.72. The highest BCUT2D eigenvalue weighted by molar-refractivity contribution is 6.28. The molecule has 2 saturated heterocycles. The topological polar surface area (TPSA) is 74.8 Å². The Morgan fingerprint density at radius 2 is 0.929 bits per heavy atom. The molecule has 0 radical (unpaired) electrons. The summed E-state index contributed by atoms with van der Waals surface area (Å²) in [6, 6.07) is 0. The molecule has 4 amide bonds. The van der Waals surface area contributed by atoms with Gasteiger partial charge in [-0.15, -0.1) is 0 Å². The van der Waals surface area contributed by atoms with Crippen LogP contribution in [0.1, 0.15) is 0 Å². The van der Waals surface area contributed by atoms with Gasteiger partial charge in [-0.05, 0) is 0 Å². The summed E-state index contributed by atoms with van der Waals surface area (Å²) in [5, 5.41) is 0. The van der Waals surface area contributed by atoms with Crippen LogP contribution in [0, 0.1) is 11.8 Å². The lowest BCUT2D eigenvalue weighted by Crippen LogP contribution is -2.36. The van der Waals surface area contributed by atoms with Crippen LogP contribution in [0.15, 0.2) is 0 Å². The first-order chi connectivity index (χ1) is 6.46. The zero-order valence-corrected chi connectivity index (χ0v) is 7.68. The molecule has 0 saturated carbocycles. The van der Waals surface area contributed by atoms with Crippen LogP contribution in [0.5, 0.6) is 0 Å². The number of rotatable bonds is 0. The summed E-state index contributed by atoms with van der Waals surface area (Å²) >= 11 is 0. The van der Waals surface area contributed by atoms with E-state index in [9.17, 15) is 19.2 Å². The van der Waals surface area contributed by atoms with E-state index >= 15 is 0 Å². The predicted octanol–water partition coefficient (Wildman–Crippen LogP) is -1.78. The second-order valence-corrected chi connectivity index (χ2v) is 3.43. The predicted molar refractivity (Wildman–Crippen MR) is 42.5 cm³/mol. The zero-order chi connectivity index (χ0) is 10.6. The Morgan fingerprint density at radius 3 is 1.14 bits per heavy atom. The van der Waals surface area contributed by atoms with Crippen molar-refractivity contribution in [3.63, 3.8) is 0 Å². The summed E-state index contributed by atoms with van der Waals surface area (Å²) in [6.07, 6.45) is 0. The molecule has 0 atom stereocenters.